The van der Waals surface area contributed by atoms with Gasteiger partial charge in [-0.25, -0.2) is 0 Å². The van der Waals surface area contributed by atoms with Crippen molar-refractivity contribution in [2.75, 3.05) is 6.54 Å². The molecule has 72 valence electrons. The molecule has 0 unspecified atom stereocenters. The molecule has 1 atom stereocenters. The maximum absolute atomic E-state index is 5.71. The van der Waals surface area contributed by atoms with Gasteiger partial charge in [-0.3, -0.25) is 0 Å². The van der Waals surface area contributed by atoms with E-state index in [0.717, 1.165) is 12.8 Å². The van der Waals surface area contributed by atoms with Crippen LogP contribution in [0.1, 0.15) is 26.7 Å². The first kappa shape index (κ1) is 17.5. The molecule has 4 heteroatoms. The molecular formula is C7H20Cl2N2. The van der Waals surface area contributed by atoms with E-state index in [1.54, 1.807) is 0 Å². The fourth-order valence-electron chi connectivity index (χ4n) is 0.937. The summed E-state index contributed by atoms with van der Waals surface area (Å²) in [4.78, 5) is 0. The number of halogens is 2. The quantitative estimate of drug-likeness (QED) is 0.728. The van der Waals surface area contributed by atoms with Gasteiger partial charge in [-0.1, -0.05) is 13.8 Å². The van der Waals surface area contributed by atoms with E-state index < -0.39 is 0 Å². The van der Waals surface area contributed by atoms with Crippen LogP contribution in [0.15, 0.2) is 0 Å². The lowest BCUT2D eigenvalue weighted by molar-refractivity contribution is 0.477. The van der Waals surface area contributed by atoms with E-state index in [1.807, 2.05) is 0 Å². The van der Waals surface area contributed by atoms with E-state index >= 15 is 0 Å². The maximum Gasteiger partial charge on any atom is 0.00532 e. The van der Waals surface area contributed by atoms with Crippen molar-refractivity contribution in [3.63, 3.8) is 0 Å². The van der Waals surface area contributed by atoms with E-state index in [0.29, 0.717) is 18.5 Å². The summed E-state index contributed by atoms with van der Waals surface area (Å²) in [5.41, 5.74) is 11.0. The van der Waals surface area contributed by atoms with Gasteiger partial charge in [0.15, 0.2) is 0 Å². The number of hydrogen-bond donors (Lipinski definition) is 2. The molecule has 0 aromatic rings. The Kier molecular flexibility index (Phi) is 16.8. The van der Waals surface area contributed by atoms with Crippen molar-refractivity contribution >= 4 is 24.8 Å². The number of rotatable bonds is 4. The van der Waals surface area contributed by atoms with Crippen LogP contribution in [0.2, 0.25) is 0 Å². The summed E-state index contributed by atoms with van der Waals surface area (Å²) in [5.74, 6) is 0.701. The lowest BCUT2D eigenvalue weighted by atomic mass is 10.0. The Hall–Kier alpha value is 0.500. The SMILES string of the molecule is CC(C)C[C@H](N)CCN.Cl.Cl. The summed E-state index contributed by atoms with van der Waals surface area (Å²) in [6.45, 7) is 5.07. The van der Waals surface area contributed by atoms with Gasteiger partial charge in [0.2, 0.25) is 0 Å². The molecule has 0 saturated carbocycles. The van der Waals surface area contributed by atoms with Crippen LogP contribution in [0, 0.1) is 5.92 Å². The standard InChI is InChI=1S/C7H18N2.2ClH/c1-6(2)5-7(9)3-4-8;;/h6-7H,3-5,8-9H2,1-2H3;2*1H/t7-;;/m1../s1. The average Bonchev–Trinajstić information content (AvgIpc) is 1.63. The molecule has 0 rings (SSSR count). The topological polar surface area (TPSA) is 52.0 Å². The molecule has 0 aromatic carbocycles. The lowest BCUT2D eigenvalue weighted by Crippen LogP contribution is -2.25. The van der Waals surface area contributed by atoms with E-state index in [1.165, 1.54) is 0 Å². The Labute approximate surface area is 81.9 Å². The minimum Gasteiger partial charge on any atom is -0.330 e. The highest BCUT2D eigenvalue weighted by molar-refractivity contribution is 5.85. The normalized spacial score (nSPS) is 11.7. The van der Waals surface area contributed by atoms with Crippen molar-refractivity contribution in [3.8, 4) is 0 Å². The summed E-state index contributed by atoms with van der Waals surface area (Å²) >= 11 is 0. The van der Waals surface area contributed by atoms with Crippen LogP contribution >= 0.6 is 24.8 Å². The number of nitrogens with two attached hydrogens (primary N) is 2. The Morgan fingerprint density at radius 1 is 1.18 bits per heavy atom. The summed E-state index contributed by atoms with van der Waals surface area (Å²) in [5, 5.41) is 0. The van der Waals surface area contributed by atoms with Crippen molar-refractivity contribution in [3.05, 3.63) is 0 Å². The first-order valence-corrected chi connectivity index (χ1v) is 3.62. The van der Waals surface area contributed by atoms with Crippen LogP contribution in [0.5, 0.6) is 0 Å². The molecule has 0 aliphatic rings. The first-order valence-electron chi connectivity index (χ1n) is 3.62. The van der Waals surface area contributed by atoms with Gasteiger partial charge >= 0.3 is 0 Å². The molecule has 4 N–H and O–H groups in total. The summed E-state index contributed by atoms with van der Waals surface area (Å²) in [6, 6.07) is 0.315. The molecule has 0 spiro atoms. The van der Waals surface area contributed by atoms with Crippen molar-refractivity contribution in [1.29, 1.82) is 0 Å². The lowest BCUT2D eigenvalue weighted by Gasteiger charge is -2.11. The Bertz CT molecular complexity index is 69.5. The average molecular weight is 203 g/mol. The molecule has 0 saturated heterocycles. The molecule has 0 bridgehead atoms. The fourth-order valence-corrected chi connectivity index (χ4v) is 0.937. The van der Waals surface area contributed by atoms with Gasteiger partial charge in [0, 0.05) is 6.04 Å². The van der Waals surface area contributed by atoms with Crippen LogP contribution in [-0.2, 0) is 0 Å². The molecule has 0 radical (unpaired) electrons. The van der Waals surface area contributed by atoms with Gasteiger partial charge in [0.1, 0.15) is 0 Å². The Morgan fingerprint density at radius 3 is 1.91 bits per heavy atom. The van der Waals surface area contributed by atoms with Gasteiger partial charge in [0.25, 0.3) is 0 Å². The molecular weight excluding hydrogens is 183 g/mol. The molecule has 2 nitrogen and oxygen atoms in total. The second-order valence-electron chi connectivity index (χ2n) is 2.97. The molecule has 0 heterocycles. The van der Waals surface area contributed by atoms with Crippen molar-refractivity contribution < 1.29 is 0 Å². The molecule has 0 aliphatic heterocycles. The maximum atomic E-state index is 5.71. The second kappa shape index (κ2) is 10.5. The zero-order chi connectivity index (χ0) is 7.28. The zero-order valence-corrected chi connectivity index (χ0v) is 8.88. The summed E-state index contributed by atoms with van der Waals surface area (Å²) in [6.07, 6.45) is 2.05. The molecule has 0 amide bonds. The third-order valence-corrected chi connectivity index (χ3v) is 1.31. The van der Waals surface area contributed by atoms with E-state index in [4.69, 9.17) is 11.5 Å². The molecule has 0 aromatic heterocycles. The largest absolute Gasteiger partial charge is 0.330 e. The zero-order valence-electron chi connectivity index (χ0n) is 7.25. The minimum atomic E-state index is 0. The van der Waals surface area contributed by atoms with Crippen LogP contribution < -0.4 is 11.5 Å². The fraction of sp³-hybridized carbons (Fsp3) is 1.00. The van der Waals surface area contributed by atoms with Crippen LogP contribution in [0.25, 0.3) is 0 Å². The van der Waals surface area contributed by atoms with E-state index in [9.17, 15) is 0 Å². The van der Waals surface area contributed by atoms with Gasteiger partial charge in [-0.2, -0.15) is 0 Å². The third kappa shape index (κ3) is 13.5. The van der Waals surface area contributed by atoms with Crippen molar-refractivity contribution in [1.82, 2.24) is 0 Å². The second-order valence-corrected chi connectivity index (χ2v) is 2.97. The molecule has 11 heavy (non-hydrogen) atoms. The van der Waals surface area contributed by atoms with Crippen LogP contribution in [0.4, 0.5) is 0 Å². The van der Waals surface area contributed by atoms with Gasteiger partial charge in [-0.15, -0.1) is 24.8 Å². The summed E-state index contributed by atoms with van der Waals surface area (Å²) in [7, 11) is 0. The highest BCUT2D eigenvalue weighted by atomic mass is 35.5. The van der Waals surface area contributed by atoms with Crippen molar-refractivity contribution in [2.24, 2.45) is 17.4 Å². The Balaban J connectivity index is -0.000000320. The monoisotopic (exact) mass is 202 g/mol. The molecule has 0 aliphatic carbocycles. The van der Waals surface area contributed by atoms with Gasteiger partial charge in [-0.05, 0) is 25.3 Å². The van der Waals surface area contributed by atoms with Gasteiger partial charge in [0.05, 0.1) is 0 Å². The van der Waals surface area contributed by atoms with Crippen LogP contribution in [0.3, 0.4) is 0 Å². The molecule has 0 fully saturated rings. The van der Waals surface area contributed by atoms with E-state index in [2.05, 4.69) is 13.8 Å². The predicted octanol–water partition coefficient (Wildman–Crippen LogP) is 1.55. The van der Waals surface area contributed by atoms with Gasteiger partial charge < -0.3 is 11.5 Å². The number of hydrogen-bond acceptors (Lipinski definition) is 2. The predicted molar refractivity (Wildman–Crippen MR) is 55.6 cm³/mol. The van der Waals surface area contributed by atoms with Crippen molar-refractivity contribution in [2.45, 2.75) is 32.7 Å². The Morgan fingerprint density at radius 2 is 1.64 bits per heavy atom. The summed E-state index contributed by atoms with van der Waals surface area (Å²) < 4.78 is 0. The first-order chi connectivity index (χ1) is 4.16. The minimum absolute atomic E-state index is 0. The highest BCUT2D eigenvalue weighted by Gasteiger charge is 2.02. The smallest absolute Gasteiger partial charge is 0.00532 e. The third-order valence-electron chi connectivity index (χ3n) is 1.31. The highest BCUT2D eigenvalue weighted by Crippen LogP contribution is 2.03. The van der Waals surface area contributed by atoms with Crippen LogP contribution in [-0.4, -0.2) is 12.6 Å². The van der Waals surface area contributed by atoms with E-state index in [-0.39, 0.29) is 24.8 Å².